The van der Waals surface area contributed by atoms with Gasteiger partial charge in [-0.25, -0.2) is 0 Å². The summed E-state index contributed by atoms with van der Waals surface area (Å²) >= 11 is 9.36. The predicted molar refractivity (Wildman–Crippen MR) is 79.9 cm³/mol. The fourth-order valence-electron chi connectivity index (χ4n) is 1.55. The van der Waals surface area contributed by atoms with Gasteiger partial charge in [0.25, 0.3) is 0 Å². The van der Waals surface area contributed by atoms with Crippen molar-refractivity contribution in [2.45, 2.75) is 33.1 Å². The minimum atomic E-state index is -0.761. The predicted octanol–water partition coefficient (Wildman–Crippen LogP) is 4.76. The molecule has 1 aromatic rings. The molecule has 19 heavy (non-hydrogen) atoms. The van der Waals surface area contributed by atoms with Crippen LogP contribution in [0, 0.1) is 5.41 Å². The highest BCUT2D eigenvalue weighted by atomic mass is 79.9. The van der Waals surface area contributed by atoms with Crippen molar-refractivity contribution in [3.05, 3.63) is 27.7 Å². The van der Waals surface area contributed by atoms with Crippen molar-refractivity contribution in [3.63, 3.8) is 0 Å². The van der Waals surface area contributed by atoms with E-state index in [4.69, 9.17) is 21.4 Å². The quantitative estimate of drug-likeness (QED) is 0.722. The van der Waals surface area contributed by atoms with Gasteiger partial charge >= 0.3 is 5.97 Å². The molecule has 0 amide bonds. The second kappa shape index (κ2) is 7.15. The summed E-state index contributed by atoms with van der Waals surface area (Å²) in [6.45, 7) is 4.01. The number of halogens is 2. The van der Waals surface area contributed by atoms with Crippen molar-refractivity contribution in [2.24, 2.45) is 5.41 Å². The molecule has 0 spiro atoms. The highest BCUT2D eigenvalue weighted by Crippen LogP contribution is 2.28. The van der Waals surface area contributed by atoms with Gasteiger partial charge in [-0.1, -0.05) is 27.5 Å². The van der Waals surface area contributed by atoms with E-state index in [1.54, 1.807) is 19.9 Å². The molecule has 0 unspecified atom stereocenters. The average Bonchev–Trinajstić information content (AvgIpc) is 2.32. The number of hydrogen-bond acceptors (Lipinski definition) is 2. The van der Waals surface area contributed by atoms with Crippen molar-refractivity contribution in [1.82, 2.24) is 0 Å². The van der Waals surface area contributed by atoms with Gasteiger partial charge in [-0.05, 0) is 51.3 Å². The fourth-order valence-corrected chi connectivity index (χ4v) is 2.06. The molecule has 0 saturated heterocycles. The van der Waals surface area contributed by atoms with E-state index in [1.165, 1.54) is 0 Å². The van der Waals surface area contributed by atoms with Crippen molar-refractivity contribution in [3.8, 4) is 5.75 Å². The maximum absolute atomic E-state index is 10.9. The standard InChI is InChI=1S/C14H18BrClO3/c1-14(2,13(17)18)7-3-4-8-19-12-9-10(15)5-6-11(12)16/h5-6,9H,3-4,7-8H2,1-2H3,(H,17,18). The van der Waals surface area contributed by atoms with Crippen LogP contribution in [-0.2, 0) is 4.79 Å². The first-order valence-electron chi connectivity index (χ1n) is 6.14. The zero-order valence-corrected chi connectivity index (χ0v) is 13.4. The number of aliphatic carboxylic acids is 1. The zero-order chi connectivity index (χ0) is 14.5. The van der Waals surface area contributed by atoms with E-state index in [2.05, 4.69) is 15.9 Å². The summed E-state index contributed by atoms with van der Waals surface area (Å²) in [7, 11) is 0. The molecule has 0 heterocycles. The van der Waals surface area contributed by atoms with Crippen LogP contribution >= 0.6 is 27.5 Å². The van der Waals surface area contributed by atoms with Crippen LogP contribution in [0.3, 0.4) is 0 Å². The molecule has 0 saturated carbocycles. The smallest absolute Gasteiger partial charge is 0.309 e. The third kappa shape index (κ3) is 5.41. The number of carboxylic acid groups (broad SMARTS) is 1. The monoisotopic (exact) mass is 348 g/mol. The Morgan fingerprint density at radius 1 is 1.42 bits per heavy atom. The maximum atomic E-state index is 10.9. The summed E-state index contributed by atoms with van der Waals surface area (Å²) in [4.78, 5) is 10.9. The number of ether oxygens (including phenoxy) is 1. The molecule has 106 valence electrons. The molecule has 1 N–H and O–H groups in total. The van der Waals surface area contributed by atoms with Gasteiger partial charge in [-0.15, -0.1) is 0 Å². The van der Waals surface area contributed by atoms with Gasteiger partial charge in [0.2, 0.25) is 0 Å². The Kier molecular flexibility index (Phi) is 6.14. The number of benzene rings is 1. The maximum Gasteiger partial charge on any atom is 0.309 e. The van der Waals surface area contributed by atoms with Crippen molar-refractivity contribution in [2.75, 3.05) is 6.61 Å². The summed E-state index contributed by atoms with van der Waals surface area (Å²) in [5.41, 5.74) is -0.673. The highest BCUT2D eigenvalue weighted by molar-refractivity contribution is 9.10. The molecule has 0 radical (unpaired) electrons. The number of hydrogen-bond donors (Lipinski definition) is 1. The van der Waals surface area contributed by atoms with Gasteiger partial charge in [0.05, 0.1) is 17.0 Å². The molecule has 3 nitrogen and oxygen atoms in total. The molecule has 0 aromatic heterocycles. The first kappa shape index (κ1) is 16.3. The summed E-state index contributed by atoms with van der Waals surface area (Å²) in [5.74, 6) is -0.114. The average molecular weight is 350 g/mol. The van der Waals surface area contributed by atoms with Crippen LogP contribution in [0.5, 0.6) is 5.75 Å². The lowest BCUT2D eigenvalue weighted by molar-refractivity contribution is -0.147. The van der Waals surface area contributed by atoms with Crippen LogP contribution in [0.15, 0.2) is 22.7 Å². The van der Waals surface area contributed by atoms with Crippen molar-refractivity contribution >= 4 is 33.5 Å². The number of carbonyl (C=O) groups is 1. The lowest BCUT2D eigenvalue weighted by atomic mass is 9.87. The molecule has 0 aliphatic carbocycles. The summed E-state index contributed by atoms with van der Waals surface area (Å²) in [6.07, 6.45) is 2.25. The van der Waals surface area contributed by atoms with Crippen LogP contribution < -0.4 is 4.74 Å². The second-order valence-corrected chi connectivity index (χ2v) is 6.39. The topological polar surface area (TPSA) is 46.5 Å². The number of carboxylic acids is 1. The molecule has 0 fully saturated rings. The first-order valence-corrected chi connectivity index (χ1v) is 7.31. The highest BCUT2D eigenvalue weighted by Gasteiger charge is 2.25. The summed E-state index contributed by atoms with van der Waals surface area (Å²) in [6, 6.07) is 5.45. The van der Waals surface area contributed by atoms with Crippen LogP contribution in [0.25, 0.3) is 0 Å². The van der Waals surface area contributed by atoms with Crippen LogP contribution in [0.1, 0.15) is 33.1 Å². The van der Waals surface area contributed by atoms with Gasteiger partial charge in [0, 0.05) is 4.47 Å². The fraction of sp³-hybridized carbons (Fsp3) is 0.500. The molecule has 0 bridgehead atoms. The third-order valence-corrected chi connectivity index (χ3v) is 3.73. The van der Waals surface area contributed by atoms with Crippen molar-refractivity contribution < 1.29 is 14.6 Å². The summed E-state index contributed by atoms with van der Waals surface area (Å²) in [5, 5.41) is 9.57. The van der Waals surface area contributed by atoms with E-state index in [0.29, 0.717) is 23.8 Å². The normalized spacial score (nSPS) is 11.4. The number of rotatable bonds is 7. The van der Waals surface area contributed by atoms with E-state index in [-0.39, 0.29) is 0 Å². The molecule has 5 heteroatoms. The van der Waals surface area contributed by atoms with E-state index in [1.807, 2.05) is 12.1 Å². The van der Waals surface area contributed by atoms with Gasteiger partial charge < -0.3 is 9.84 Å². The minimum absolute atomic E-state index is 0.534. The lowest BCUT2D eigenvalue weighted by Crippen LogP contribution is -2.23. The summed E-state index contributed by atoms with van der Waals surface area (Å²) < 4.78 is 6.50. The Labute approximate surface area is 127 Å². The van der Waals surface area contributed by atoms with Crippen LogP contribution in [0.4, 0.5) is 0 Å². The molecule has 0 aliphatic rings. The molecule has 1 rings (SSSR count). The third-order valence-electron chi connectivity index (χ3n) is 2.93. The molecule has 0 atom stereocenters. The SMILES string of the molecule is CC(C)(CCCCOc1cc(Br)ccc1Cl)C(=O)O. The Balaban J connectivity index is 2.32. The Morgan fingerprint density at radius 2 is 2.11 bits per heavy atom. The second-order valence-electron chi connectivity index (χ2n) is 5.07. The minimum Gasteiger partial charge on any atom is -0.492 e. The molecule has 1 aromatic carbocycles. The van der Waals surface area contributed by atoms with Crippen LogP contribution in [-0.4, -0.2) is 17.7 Å². The lowest BCUT2D eigenvalue weighted by Gasteiger charge is -2.18. The van der Waals surface area contributed by atoms with Gasteiger partial charge in [-0.3, -0.25) is 4.79 Å². The first-order chi connectivity index (χ1) is 8.83. The largest absolute Gasteiger partial charge is 0.492 e. The number of unbranched alkanes of at least 4 members (excludes halogenated alkanes) is 1. The van der Waals surface area contributed by atoms with E-state index in [9.17, 15) is 4.79 Å². The van der Waals surface area contributed by atoms with E-state index >= 15 is 0 Å². The van der Waals surface area contributed by atoms with Crippen molar-refractivity contribution in [1.29, 1.82) is 0 Å². The Hall–Kier alpha value is -0.740. The van der Waals surface area contributed by atoms with E-state index < -0.39 is 11.4 Å². The van der Waals surface area contributed by atoms with Gasteiger partial charge in [-0.2, -0.15) is 0 Å². The molecule has 0 aliphatic heterocycles. The molecular formula is C14H18BrClO3. The zero-order valence-electron chi connectivity index (χ0n) is 11.1. The van der Waals surface area contributed by atoms with Crippen LogP contribution in [0.2, 0.25) is 5.02 Å². The van der Waals surface area contributed by atoms with Gasteiger partial charge in [0.15, 0.2) is 0 Å². The Bertz CT molecular complexity index is 446. The molecular weight excluding hydrogens is 332 g/mol. The van der Waals surface area contributed by atoms with E-state index in [0.717, 1.165) is 17.3 Å². The van der Waals surface area contributed by atoms with Gasteiger partial charge in [0.1, 0.15) is 5.75 Å². The Morgan fingerprint density at radius 3 is 2.74 bits per heavy atom.